The molecule has 2 N–H and O–H groups in total. The monoisotopic (exact) mass is 328 g/mol. The van der Waals surface area contributed by atoms with Gasteiger partial charge in [0.2, 0.25) is 5.91 Å². The van der Waals surface area contributed by atoms with Gasteiger partial charge < -0.3 is 10.6 Å². The molecule has 3 nitrogen and oxygen atoms in total. The summed E-state index contributed by atoms with van der Waals surface area (Å²) < 4.78 is 13.7. The fraction of sp³-hybridized carbons (Fsp3) is 0.350. The van der Waals surface area contributed by atoms with Crippen LogP contribution in [0.3, 0.4) is 0 Å². The summed E-state index contributed by atoms with van der Waals surface area (Å²) in [6, 6.07) is 16.7. The molecule has 0 spiro atoms. The predicted molar refractivity (Wildman–Crippen MR) is 95.2 cm³/mol. The molecule has 2 rings (SSSR count). The molecule has 0 bridgehead atoms. The molecule has 2 atom stereocenters. The van der Waals surface area contributed by atoms with Gasteiger partial charge in [-0.3, -0.25) is 4.79 Å². The fourth-order valence-corrected chi connectivity index (χ4v) is 2.61. The van der Waals surface area contributed by atoms with Gasteiger partial charge in [0.15, 0.2) is 0 Å². The van der Waals surface area contributed by atoms with E-state index in [1.54, 1.807) is 18.2 Å². The van der Waals surface area contributed by atoms with Gasteiger partial charge in [-0.2, -0.15) is 0 Å². The lowest BCUT2D eigenvalue weighted by Crippen LogP contribution is -2.40. The number of benzene rings is 2. The number of halogens is 1. The van der Waals surface area contributed by atoms with Crippen molar-refractivity contribution >= 4 is 5.91 Å². The Labute approximate surface area is 143 Å². The van der Waals surface area contributed by atoms with Crippen LogP contribution in [0.5, 0.6) is 0 Å². The summed E-state index contributed by atoms with van der Waals surface area (Å²) in [4.78, 5) is 12.0. The van der Waals surface area contributed by atoms with Crippen molar-refractivity contribution in [2.45, 2.75) is 38.8 Å². The van der Waals surface area contributed by atoms with Crippen LogP contribution < -0.4 is 10.6 Å². The number of rotatable bonds is 8. The van der Waals surface area contributed by atoms with E-state index in [4.69, 9.17) is 0 Å². The van der Waals surface area contributed by atoms with Crippen LogP contribution in [0.1, 0.15) is 37.4 Å². The summed E-state index contributed by atoms with van der Waals surface area (Å²) in [6.07, 6.45) is 1.82. The number of hydrogen-bond donors (Lipinski definition) is 2. The van der Waals surface area contributed by atoms with Gasteiger partial charge in [-0.15, -0.1) is 0 Å². The summed E-state index contributed by atoms with van der Waals surface area (Å²) >= 11 is 0. The average molecular weight is 328 g/mol. The van der Waals surface area contributed by atoms with E-state index in [0.717, 1.165) is 12.8 Å². The second kappa shape index (κ2) is 9.18. The van der Waals surface area contributed by atoms with Gasteiger partial charge in [0.25, 0.3) is 0 Å². The van der Waals surface area contributed by atoms with E-state index >= 15 is 0 Å². The number of carbonyl (C=O) groups excluding carboxylic acids is 1. The average Bonchev–Trinajstić information content (AvgIpc) is 2.59. The first-order valence-corrected chi connectivity index (χ1v) is 8.37. The van der Waals surface area contributed by atoms with Gasteiger partial charge in [0.1, 0.15) is 5.82 Å². The molecule has 2 aromatic rings. The second-order valence-corrected chi connectivity index (χ2v) is 6.12. The number of nitrogens with one attached hydrogen (secondary N) is 2. The van der Waals surface area contributed by atoms with Crippen molar-refractivity contribution in [2.75, 3.05) is 6.54 Å². The standard InChI is InChI=1S/C20H25FN2O/c1-15(12-13-17-8-4-3-5-9-17)23-20(24)14-22-16(2)18-10-6-7-11-19(18)21/h3-11,15-16,22H,12-14H2,1-2H3,(H,23,24). The van der Waals surface area contributed by atoms with Crippen molar-refractivity contribution in [3.8, 4) is 0 Å². The zero-order valence-electron chi connectivity index (χ0n) is 14.3. The third-order valence-corrected chi connectivity index (χ3v) is 4.06. The molecule has 0 aliphatic carbocycles. The largest absolute Gasteiger partial charge is 0.353 e. The number of carbonyl (C=O) groups is 1. The Kier molecular flexibility index (Phi) is 6.94. The fourth-order valence-electron chi connectivity index (χ4n) is 2.61. The lowest BCUT2D eigenvalue weighted by Gasteiger charge is -2.17. The lowest BCUT2D eigenvalue weighted by molar-refractivity contribution is -0.121. The molecule has 0 radical (unpaired) electrons. The highest BCUT2D eigenvalue weighted by atomic mass is 19.1. The molecule has 2 unspecified atom stereocenters. The van der Waals surface area contributed by atoms with Crippen molar-refractivity contribution < 1.29 is 9.18 Å². The van der Waals surface area contributed by atoms with Crippen molar-refractivity contribution in [3.05, 3.63) is 71.5 Å². The zero-order chi connectivity index (χ0) is 17.4. The maximum absolute atomic E-state index is 13.7. The van der Waals surface area contributed by atoms with Crippen LogP contribution in [0, 0.1) is 5.82 Å². The Hall–Kier alpha value is -2.20. The van der Waals surface area contributed by atoms with Crippen molar-refractivity contribution in [2.24, 2.45) is 0 Å². The van der Waals surface area contributed by atoms with E-state index in [2.05, 4.69) is 22.8 Å². The number of hydrogen-bond acceptors (Lipinski definition) is 2. The molecule has 2 aromatic carbocycles. The molecule has 0 aliphatic heterocycles. The van der Waals surface area contributed by atoms with E-state index in [0.29, 0.717) is 5.56 Å². The number of aryl methyl sites for hydroxylation is 1. The van der Waals surface area contributed by atoms with Gasteiger partial charge in [0.05, 0.1) is 6.54 Å². The van der Waals surface area contributed by atoms with Crippen molar-refractivity contribution in [1.29, 1.82) is 0 Å². The van der Waals surface area contributed by atoms with Gasteiger partial charge in [0, 0.05) is 17.6 Å². The van der Waals surface area contributed by atoms with Gasteiger partial charge in [-0.25, -0.2) is 4.39 Å². The first kappa shape index (κ1) is 18.1. The molecule has 0 heterocycles. The maximum Gasteiger partial charge on any atom is 0.234 e. The summed E-state index contributed by atoms with van der Waals surface area (Å²) in [5.74, 6) is -0.326. The maximum atomic E-state index is 13.7. The summed E-state index contributed by atoms with van der Waals surface area (Å²) in [5.41, 5.74) is 1.84. The SMILES string of the molecule is CC(CCc1ccccc1)NC(=O)CNC(C)c1ccccc1F. The minimum Gasteiger partial charge on any atom is -0.353 e. The smallest absolute Gasteiger partial charge is 0.234 e. The molecule has 0 saturated heterocycles. The summed E-state index contributed by atoms with van der Waals surface area (Å²) in [6.45, 7) is 4.02. The topological polar surface area (TPSA) is 41.1 Å². The van der Waals surface area contributed by atoms with Crippen LogP contribution in [0.2, 0.25) is 0 Å². The van der Waals surface area contributed by atoms with E-state index in [9.17, 15) is 9.18 Å². The van der Waals surface area contributed by atoms with E-state index in [1.807, 2.05) is 32.0 Å². The van der Waals surface area contributed by atoms with E-state index in [1.165, 1.54) is 11.6 Å². The Morgan fingerprint density at radius 2 is 1.71 bits per heavy atom. The molecule has 1 amide bonds. The van der Waals surface area contributed by atoms with E-state index in [-0.39, 0.29) is 30.4 Å². The highest BCUT2D eigenvalue weighted by Gasteiger charge is 2.12. The van der Waals surface area contributed by atoms with E-state index < -0.39 is 0 Å². The number of amides is 1. The highest BCUT2D eigenvalue weighted by molar-refractivity contribution is 5.78. The Balaban J connectivity index is 1.71. The Bertz CT molecular complexity index is 645. The van der Waals surface area contributed by atoms with Crippen LogP contribution in [-0.4, -0.2) is 18.5 Å². The minimum atomic E-state index is -0.255. The van der Waals surface area contributed by atoms with Crippen LogP contribution in [0.25, 0.3) is 0 Å². The first-order valence-electron chi connectivity index (χ1n) is 8.37. The quantitative estimate of drug-likeness (QED) is 0.777. The Morgan fingerprint density at radius 1 is 1.04 bits per heavy atom. The van der Waals surface area contributed by atoms with Gasteiger partial charge in [-0.05, 0) is 38.3 Å². The second-order valence-electron chi connectivity index (χ2n) is 6.12. The Morgan fingerprint density at radius 3 is 2.42 bits per heavy atom. The third kappa shape index (κ3) is 5.78. The predicted octanol–water partition coefficient (Wildman–Crippen LogP) is 3.61. The molecule has 0 aliphatic rings. The summed E-state index contributed by atoms with van der Waals surface area (Å²) in [7, 11) is 0. The molecule has 128 valence electrons. The van der Waals surface area contributed by atoms with Crippen LogP contribution in [0.4, 0.5) is 4.39 Å². The van der Waals surface area contributed by atoms with Crippen LogP contribution >= 0.6 is 0 Å². The first-order chi connectivity index (χ1) is 11.6. The molecule has 0 aromatic heterocycles. The van der Waals surface area contributed by atoms with Crippen LogP contribution in [0.15, 0.2) is 54.6 Å². The lowest BCUT2D eigenvalue weighted by atomic mass is 10.1. The molecular formula is C20H25FN2O. The zero-order valence-corrected chi connectivity index (χ0v) is 14.3. The van der Waals surface area contributed by atoms with Crippen LogP contribution in [-0.2, 0) is 11.2 Å². The molecule has 24 heavy (non-hydrogen) atoms. The van der Waals surface area contributed by atoms with Crippen molar-refractivity contribution in [1.82, 2.24) is 10.6 Å². The molecular weight excluding hydrogens is 303 g/mol. The van der Waals surface area contributed by atoms with Gasteiger partial charge in [-0.1, -0.05) is 48.5 Å². The highest BCUT2D eigenvalue weighted by Crippen LogP contribution is 2.15. The molecule has 0 saturated carbocycles. The third-order valence-electron chi connectivity index (χ3n) is 4.06. The normalized spacial score (nSPS) is 13.3. The summed E-state index contributed by atoms with van der Waals surface area (Å²) in [5, 5.41) is 6.04. The molecule has 0 fully saturated rings. The minimum absolute atomic E-state index is 0.0706. The van der Waals surface area contributed by atoms with Gasteiger partial charge >= 0.3 is 0 Å². The molecule has 4 heteroatoms. The van der Waals surface area contributed by atoms with Crippen molar-refractivity contribution in [3.63, 3.8) is 0 Å².